The third-order valence-corrected chi connectivity index (χ3v) is 2.97. The summed E-state index contributed by atoms with van der Waals surface area (Å²) in [6.45, 7) is 4.66. The average molecular weight is 287 g/mol. The summed E-state index contributed by atoms with van der Waals surface area (Å²) in [6.07, 6.45) is 4.95. The van der Waals surface area contributed by atoms with Gasteiger partial charge in [0.2, 0.25) is 11.0 Å². The molecule has 0 atom stereocenters. The minimum absolute atomic E-state index is 0.104. The molecule has 1 N–H and O–H groups in total. The number of nitro groups is 1. The zero-order valence-electron chi connectivity index (χ0n) is 11.3. The quantitative estimate of drug-likeness (QED) is 0.342. The molecular weight excluding hydrogens is 268 g/mol. The molecule has 0 bridgehead atoms. The second-order valence-corrected chi connectivity index (χ2v) is 4.58. The van der Waals surface area contributed by atoms with Crippen molar-refractivity contribution in [3.63, 3.8) is 0 Å². The van der Waals surface area contributed by atoms with Gasteiger partial charge in [-0.15, -0.1) is 0 Å². The predicted octanol–water partition coefficient (Wildman–Crippen LogP) is 3.59. The smallest absolute Gasteiger partial charge is 0.348 e. The largest absolute Gasteiger partial charge is 0.364 e. The van der Waals surface area contributed by atoms with Gasteiger partial charge in [-0.25, -0.2) is 9.97 Å². The highest BCUT2D eigenvalue weighted by molar-refractivity contribution is 6.31. The summed E-state index contributed by atoms with van der Waals surface area (Å²) in [7, 11) is 0. The Kier molecular flexibility index (Phi) is 6.49. The molecule has 0 aliphatic rings. The summed E-state index contributed by atoms with van der Waals surface area (Å²) in [6, 6.07) is 0. The van der Waals surface area contributed by atoms with Gasteiger partial charge in [-0.05, 0) is 6.42 Å². The van der Waals surface area contributed by atoms with E-state index in [9.17, 15) is 10.1 Å². The SMILES string of the molecule is CCCCCCNc1nc(CC)nc(Cl)c1[N+](=O)[O-]. The lowest BCUT2D eigenvalue weighted by Gasteiger charge is -2.08. The molecule has 0 saturated heterocycles. The number of nitrogens with one attached hydrogen (secondary N) is 1. The molecular formula is C12H19ClN4O2. The molecule has 6 nitrogen and oxygen atoms in total. The Hall–Kier alpha value is -1.43. The van der Waals surface area contributed by atoms with Gasteiger partial charge in [-0.3, -0.25) is 10.1 Å². The number of anilines is 1. The van der Waals surface area contributed by atoms with Crippen molar-refractivity contribution >= 4 is 23.1 Å². The second-order valence-electron chi connectivity index (χ2n) is 4.23. The number of unbranched alkanes of at least 4 members (excludes halogenated alkanes) is 3. The number of nitrogens with zero attached hydrogens (tertiary/aromatic N) is 3. The van der Waals surface area contributed by atoms with Crippen molar-refractivity contribution in [1.82, 2.24) is 9.97 Å². The van der Waals surface area contributed by atoms with Gasteiger partial charge in [0.15, 0.2) is 0 Å². The molecule has 19 heavy (non-hydrogen) atoms. The monoisotopic (exact) mass is 286 g/mol. The van der Waals surface area contributed by atoms with E-state index in [1.807, 2.05) is 6.92 Å². The Bertz CT molecular complexity index is 440. The first-order chi connectivity index (χ1) is 9.10. The maximum absolute atomic E-state index is 11.0. The van der Waals surface area contributed by atoms with Crippen LogP contribution in [0.1, 0.15) is 45.4 Å². The summed E-state index contributed by atoms with van der Waals surface area (Å²) in [5.74, 6) is 0.727. The molecule has 0 spiro atoms. The van der Waals surface area contributed by atoms with E-state index >= 15 is 0 Å². The van der Waals surface area contributed by atoms with Gasteiger partial charge in [-0.1, -0.05) is 44.7 Å². The summed E-state index contributed by atoms with van der Waals surface area (Å²) >= 11 is 5.84. The maximum atomic E-state index is 11.0. The molecule has 0 aromatic carbocycles. The highest BCUT2D eigenvalue weighted by atomic mass is 35.5. The molecule has 1 aromatic rings. The molecule has 1 aromatic heterocycles. The molecule has 0 aliphatic carbocycles. The molecule has 1 rings (SSSR count). The van der Waals surface area contributed by atoms with Crippen LogP contribution in [-0.4, -0.2) is 21.4 Å². The van der Waals surface area contributed by atoms with Gasteiger partial charge in [-0.2, -0.15) is 0 Å². The van der Waals surface area contributed by atoms with E-state index in [2.05, 4.69) is 22.2 Å². The van der Waals surface area contributed by atoms with Crippen LogP contribution in [0.4, 0.5) is 11.5 Å². The fourth-order valence-electron chi connectivity index (χ4n) is 1.67. The molecule has 0 radical (unpaired) electrons. The van der Waals surface area contributed by atoms with Gasteiger partial charge < -0.3 is 5.32 Å². The van der Waals surface area contributed by atoms with E-state index in [4.69, 9.17) is 11.6 Å². The van der Waals surface area contributed by atoms with Crippen LogP contribution < -0.4 is 5.32 Å². The van der Waals surface area contributed by atoms with Crippen LogP contribution in [0.25, 0.3) is 0 Å². The number of hydrogen-bond acceptors (Lipinski definition) is 5. The van der Waals surface area contributed by atoms with E-state index in [0.29, 0.717) is 18.8 Å². The maximum Gasteiger partial charge on any atom is 0.348 e. The minimum atomic E-state index is -0.545. The third kappa shape index (κ3) is 4.63. The van der Waals surface area contributed by atoms with Gasteiger partial charge in [0.05, 0.1) is 4.92 Å². The fourth-order valence-corrected chi connectivity index (χ4v) is 1.93. The van der Waals surface area contributed by atoms with Gasteiger partial charge >= 0.3 is 5.69 Å². The predicted molar refractivity (Wildman–Crippen MR) is 75.7 cm³/mol. The van der Waals surface area contributed by atoms with Crippen molar-refractivity contribution in [2.24, 2.45) is 0 Å². The van der Waals surface area contributed by atoms with Crippen molar-refractivity contribution in [2.75, 3.05) is 11.9 Å². The first-order valence-electron chi connectivity index (χ1n) is 6.54. The number of aryl methyl sites for hydroxylation is 1. The molecule has 0 unspecified atom stereocenters. The minimum Gasteiger partial charge on any atom is -0.364 e. The van der Waals surface area contributed by atoms with Crippen LogP contribution in [-0.2, 0) is 6.42 Å². The van der Waals surface area contributed by atoms with Gasteiger partial charge in [0, 0.05) is 13.0 Å². The molecule has 0 amide bonds. The van der Waals surface area contributed by atoms with Crippen molar-refractivity contribution in [3.8, 4) is 0 Å². The van der Waals surface area contributed by atoms with E-state index in [-0.39, 0.29) is 16.7 Å². The van der Waals surface area contributed by atoms with Crippen LogP contribution in [0, 0.1) is 10.1 Å². The number of halogens is 1. The summed E-state index contributed by atoms with van der Waals surface area (Å²) < 4.78 is 0. The summed E-state index contributed by atoms with van der Waals surface area (Å²) in [5, 5.41) is 13.9. The Morgan fingerprint density at radius 1 is 1.26 bits per heavy atom. The summed E-state index contributed by atoms with van der Waals surface area (Å²) in [4.78, 5) is 18.5. The van der Waals surface area contributed by atoms with Crippen molar-refractivity contribution in [2.45, 2.75) is 46.0 Å². The van der Waals surface area contributed by atoms with Crippen molar-refractivity contribution in [1.29, 1.82) is 0 Å². The van der Waals surface area contributed by atoms with Crippen LogP contribution in [0.15, 0.2) is 0 Å². The standard InChI is InChI=1S/C12H19ClN4O2/c1-3-5-6-7-8-14-12-10(17(18)19)11(13)15-9(4-2)16-12/h3-8H2,1-2H3,(H,14,15,16). The van der Waals surface area contributed by atoms with Crippen LogP contribution in [0.5, 0.6) is 0 Å². The Morgan fingerprint density at radius 3 is 2.58 bits per heavy atom. The zero-order valence-corrected chi connectivity index (χ0v) is 12.0. The van der Waals surface area contributed by atoms with Crippen LogP contribution >= 0.6 is 11.6 Å². The van der Waals surface area contributed by atoms with E-state index in [0.717, 1.165) is 25.7 Å². The normalized spacial score (nSPS) is 10.5. The van der Waals surface area contributed by atoms with Crippen LogP contribution in [0.2, 0.25) is 5.15 Å². The number of hydrogen-bond donors (Lipinski definition) is 1. The third-order valence-electron chi connectivity index (χ3n) is 2.71. The van der Waals surface area contributed by atoms with Gasteiger partial charge in [0.1, 0.15) is 5.82 Å². The first kappa shape index (κ1) is 15.6. The van der Waals surface area contributed by atoms with Crippen molar-refractivity contribution < 1.29 is 4.92 Å². The lowest BCUT2D eigenvalue weighted by atomic mass is 10.2. The number of rotatable bonds is 8. The molecule has 0 saturated carbocycles. The topological polar surface area (TPSA) is 81.0 Å². The van der Waals surface area contributed by atoms with E-state index < -0.39 is 4.92 Å². The highest BCUT2D eigenvalue weighted by Crippen LogP contribution is 2.29. The van der Waals surface area contributed by atoms with E-state index in [1.165, 1.54) is 0 Å². The lowest BCUT2D eigenvalue weighted by molar-refractivity contribution is -0.384. The second kappa shape index (κ2) is 7.89. The Labute approximate surface area is 117 Å². The Balaban J connectivity index is 2.78. The molecule has 7 heteroatoms. The molecule has 106 valence electrons. The summed E-state index contributed by atoms with van der Waals surface area (Å²) in [5.41, 5.74) is -0.241. The Morgan fingerprint density at radius 2 is 2.00 bits per heavy atom. The van der Waals surface area contributed by atoms with Gasteiger partial charge in [0.25, 0.3) is 0 Å². The fraction of sp³-hybridized carbons (Fsp3) is 0.667. The molecule has 0 aliphatic heterocycles. The average Bonchev–Trinajstić information content (AvgIpc) is 2.37. The van der Waals surface area contributed by atoms with Crippen LogP contribution in [0.3, 0.4) is 0 Å². The number of aromatic nitrogens is 2. The molecule has 0 fully saturated rings. The first-order valence-corrected chi connectivity index (χ1v) is 6.92. The highest BCUT2D eigenvalue weighted by Gasteiger charge is 2.22. The van der Waals surface area contributed by atoms with E-state index in [1.54, 1.807) is 0 Å². The zero-order chi connectivity index (χ0) is 14.3. The molecule has 1 heterocycles. The lowest BCUT2D eigenvalue weighted by Crippen LogP contribution is -2.09. The van der Waals surface area contributed by atoms with Crippen molar-refractivity contribution in [3.05, 3.63) is 21.1 Å².